The maximum Gasteiger partial charge on any atom is 0.141 e. The molecule has 2 aromatic heterocycles. The van der Waals surface area contributed by atoms with Crippen molar-refractivity contribution in [1.82, 2.24) is 15.3 Å². The molecule has 0 saturated carbocycles. The zero-order chi connectivity index (χ0) is 15.7. The fourth-order valence-corrected chi connectivity index (χ4v) is 4.41. The first-order valence-corrected chi connectivity index (χ1v) is 9.05. The van der Waals surface area contributed by atoms with E-state index in [1.54, 1.807) is 11.3 Å². The zero-order valence-corrected chi connectivity index (χ0v) is 14.9. The maximum atomic E-state index is 4.80. The highest BCUT2D eigenvalue weighted by Crippen LogP contribution is 2.36. The fraction of sp³-hybridized carbons (Fsp3) is 0.647. The van der Waals surface area contributed by atoms with Crippen LogP contribution < -0.4 is 10.2 Å². The third-order valence-electron chi connectivity index (χ3n) is 4.84. The molecule has 1 aliphatic heterocycles. The van der Waals surface area contributed by atoms with Gasteiger partial charge in [-0.2, -0.15) is 0 Å². The number of nitrogens with zero attached hydrogens (tertiary/aromatic N) is 3. The van der Waals surface area contributed by atoms with Gasteiger partial charge in [-0.1, -0.05) is 0 Å². The predicted octanol–water partition coefficient (Wildman–Crippen LogP) is 3.44. The van der Waals surface area contributed by atoms with Crippen LogP contribution in [0, 0.1) is 26.7 Å². The molecular formula is C17H26N4S. The maximum absolute atomic E-state index is 4.80. The second-order valence-electron chi connectivity index (χ2n) is 6.38. The van der Waals surface area contributed by atoms with Gasteiger partial charge in [0.25, 0.3) is 0 Å². The van der Waals surface area contributed by atoms with E-state index in [1.807, 2.05) is 14.0 Å². The summed E-state index contributed by atoms with van der Waals surface area (Å²) in [6.07, 6.45) is 3.84. The summed E-state index contributed by atoms with van der Waals surface area (Å²) in [5, 5.41) is 4.55. The average Bonchev–Trinajstić information content (AvgIpc) is 2.79. The quantitative estimate of drug-likeness (QED) is 0.937. The van der Waals surface area contributed by atoms with Crippen molar-refractivity contribution >= 4 is 27.4 Å². The van der Waals surface area contributed by atoms with Crippen LogP contribution in [0.25, 0.3) is 10.2 Å². The lowest BCUT2D eigenvalue weighted by Crippen LogP contribution is -2.35. The largest absolute Gasteiger partial charge is 0.356 e. The molecule has 2 aromatic rings. The van der Waals surface area contributed by atoms with E-state index in [0.717, 1.165) is 42.0 Å². The first kappa shape index (κ1) is 15.7. The van der Waals surface area contributed by atoms with Gasteiger partial charge in [-0.3, -0.25) is 0 Å². The van der Waals surface area contributed by atoms with Crippen molar-refractivity contribution in [1.29, 1.82) is 0 Å². The van der Waals surface area contributed by atoms with Crippen LogP contribution in [-0.2, 0) is 0 Å². The van der Waals surface area contributed by atoms with E-state index in [4.69, 9.17) is 4.98 Å². The molecule has 0 atom stereocenters. The summed E-state index contributed by atoms with van der Waals surface area (Å²) in [5.41, 5.74) is 1.35. The lowest BCUT2D eigenvalue weighted by atomic mass is 9.93. The minimum absolute atomic E-state index is 0.854. The Bertz CT molecular complexity index is 656. The summed E-state index contributed by atoms with van der Waals surface area (Å²) in [4.78, 5) is 14.4. The van der Waals surface area contributed by atoms with Gasteiger partial charge < -0.3 is 10.2 Å². The summed E-state index contributed by atoms with van der Waals surface area (Å²) < 4.78 is 0. The summed E-state index contributed by atoms with van der Waals surface area (Å²) in [6.45, 7) is 9.76. The summed E-state index contributed by atoms with van der Waals surface area (Å²) in [7, 11) is 2.04. The minimum Gasteiger partial charge on any atom is -0.356 e. The third kappa shape index (κ3) is 2.97. The lowest BCUT2D eigenvalue weighted by Gasteiger charge is -2.33. The van der Waals surface area contributed by atoms with Gasteiger partial charge in [0, 0.05) is 18.0 Å². The molecule has 5 heteroatoms. The third-order valence-corrected chi connectivity index (χ3v) is 5.94. The molecule has 1 fully saturated rings. The monoisotopic (exact) mass is 318 g/mol. The van der Waals surface area contributed by atoms with Crippen LogP contribution in [0.4, 0.5) is 5.82 Å². The Kier molecular flexibility index (Phi) is 4.64. The van der Waals surface area contributed by atoms with Crippen molar-refractivity contribution in [2.45, 2.75) is 40.0 Å². The van der Waals surface area contributed by atoms with Crippen molar-refractivity contribution in [2.75, 3.05) is 31.6 Å². The van der Waals surface area contributed by atoms with Crippen LogP contribution in [0.15, 0.2) is 0 Å². The number of anilines is 1. The smallest absolute Gasteiger partial charge is 0.141 e. The molecule has 1 saturated heterocycles. The van der Waals surface area contributed by atoms with E-state index >= 15 is 0 Å². The van der Waals surface area contributed by atoms with Crippen molar-refractivity contribution in [3.8, 4) is 0 Å². The number of aromatic nitrogens is 2. The average molecular weight is 318 g/mol. The van der Waals surface area contributed by atoms with E-state index in [2.05, 4.69) is 29.0 Å². The Labute approximate surface area is 137 Å². The van der Waals surface area contributed by atoms with Gasteiger partial charge in [-0.15, -0.1) is 11.3 Å². The number of rotatable bonds is 4. The summed E-state index contributed by atoms with van der Waals surface area (Å²) in [5.74, 6) is 2.91. The molecule has 4 nitrogen and oxygen atoms in total. The highest BCUT2D eigenvalue weighted by molar-refractivity contribution is 7.18. The number of hydrogen-bond donors (Lipinski definition) is 1. The standard InChI is InChI=1S/C17H26N4S/c1-11-12(2)22-17-15(11)16(19-13(3)20-17)21-9-6-14(7-10-21)5-8-18-4/h14,18H,5-10H2,1-4H3. The number of nitrogens with one attached hydrogen (secondary N) is 1. The fourth-order valence-electron chi connectivity index (χ4n) is 3.34. The van der Waals surface area contributed by atoms with E-state index in [1.165, 1.54) is 35.1 Å². The number of fused-ring (bicyclic) bond motifs is 1. The van der Waals surface area contributed by atoms with Gasteiger partial charge in [-0.25, -0.2) is 9.97 Å². The Hall–Kier alpha value is -1.20. The van der Waals surface area contributed by atoms with Crippen molar-refractivity contribution in [3.05, 3.63) is 16.3 Å². The van der Waals surface area contributed by atoms with Crippen LogP contribution in [-0.4, -0.2) is 36.6 Å². The van der Waals surface area contributed by atoms with Gasteiger partial charge in [-0.05, 0) is 65.1 Å². The van der Waals surface area contributed by atoms with Gasteiger partial charge in [0.2, 0.25) is 0 Å². The van der Waals surface area contributed by atoms with E-state index in [0.29, 0.717) is 0 Å². The van der Waals surface area contributed by atoms with Gasteiger partial charge in [0.15, 0.2) is 0 Å². The Morgan fingerprint density at radius 2 is 1.91 bits per heavy atom. The Balaban J connectivity index is 1.85. The van der Waals surface area contributed by atoms with E-state index < -0.39 is 0 Å². The van der Waals surface area contributed by atoms with Crippen LogP contribution in [0.2, 0.25) is 0 Å². The molecule has 3 heterocycles. The van der Waals surface area contributed by atoms with E-state index in [9.17, 15) is 0 Å². The number of piperidine rings is 1. The predicted molar refractivity (Wildman–Crippen MR) is 95.1 cm³/mol. The minimum atomic E-state index is 0.854. The first-order chi connectivity index (χ1) is 10.6. The van der Waals surface area contributed by atoms with Gasteiger partial charge in [0.1, 0.15) is 16.5 Å². The first-order valence-electron chi connectivity index (χ1n) is 8.24. The van der Waals surface area contributed by atoms with Crippen LogP contribution in [0.5, 0.6) is 0 Å². The highest BCUT2D eigenvalue weighted by atomic mass is 32.1. The molecule has 0 spiro atoms. The normalized spacial score (nSPS) is 16.6. The van der Waals surface area contributed by atoms with Crippen LogP contribution >= 0.6 is 11.3 Å². The number of hydrogen-bond acceptors (Lipinski definition) is 5. The second-order valence-corrected chi connectivity index (χ2v) is 7.58. The van der Waals surface area contributed by atoms with Crippen molar-refractivity contribution in [3.63, 3.8) is 0 Å². The Morgan fingerprint density at radius 1 is 1.18 bits per heavy atom. The molecule has 0 amide bonds. The highest BCUT2D eigenvalue weighted by Gasteiger charge is 2.23. The number of aryl methyl sites for hydroxylation is 3. The molecule has 22 heavy (non-hydrogen) atoms. The van der Waals surface area contributed by atoms with Gasteiger partial charge >= 0.3 is 0 Å². The molecule has 3 rings (SSSR count). The Morgan fingerprint density at radius 3 is 2.59 bits per heavy atom. The molecule has 0 aliphatic carbocycles. The summed E-state index contributed by atoms with van der Waals surface area (Å²) in [6, 6.07) is 0. The van der Waals surface area contributed by atoms with Crippen LogP contribution in [0.1, 0.15) is 35.5 Å². The summed E-state index contributed by atoms with van der Waals surface area (Å²) >= 11 is 1.80. The number of thiophene rings is 1. The topological polar surface area (TPSA) is 41.0 Å². The molecule has 0 unspecified atom stereocenters. The van der Waals surface area contributed by atoms with Crippen LogP contribution in [0.3, 0.4) is 0 Å². The SMILES string of the molecule is CNCCC1CCN(c2nc(C)nc3sc(C)c(C)c23)CC1. The molecule has 0 radical (unpaired) electrons. The second kappa shape index (κ2) is 6.50. The molecule has 1 N–H and O–H groups in total. The molecule has 0 aromatic carbocycles. The lowest BCUT2D eigenvalue weighted by molar-refractivity contribution is 0.377. The molecular weight excluding hydrogens is 292 g/mol. The van der Waals surface area contributed by atoms with Crippen molar-refractivity contribution < 1.29 is 0 Å². The molecule has 1 aliphatic rings. The molecule has 120 valence electrons. The molecule has 0 bridgehead atoms. The van der Waals surface area contributed by atoms with Crippen molar-refractivity contribution in [2.24, 2.45) is 5.92 Å². The van der Waals surface area contributed by atoms with E-state index in [-0.39, 0.29) is 0 Å². The zero-order valence-electron chi connectivity index (χ0n) is 14.1. The van der Waals surface area contributed by atoms with Gasteiger partial charge in [0.05, 0.1) is 5.39 Å².